The molecule has 30 heavy (non-hydrogen) atoms. The number of nitrogens with zero attached hydrogens (tertiary/aromatic N) is 1. The Bertz CT molecular complexity index is 1080. The van der Waals surface area contributed by atoms with Gasteiger partial charge in [0.05, 0.1) is 23.0 Å². The zero-order chi connectivity index (χ0) is 22.0. The molecule has 4 amide bonds. The number of anilines is 1. The van der Waals surface area contributed by atoms with Crippen molar-refractivity contribution >= 4 is 68.1 Å². The van der Waals surface area contributed by atoms with Gasteiger partial charge in [0.1, 0.15) is 5.57 Å². The van der Waals surface area contributed by atoms with E-state index in [1.807, 2.05) is 13.8 Å². The maximum absolute atomic E-state index is 13.1. The molecule has 0 aliphatic carbocycles. The lowest BCUT2D eigenvalue weighted by atomic mass is 10.1. The molecule has 1 aliphatic heterocycles. The van der Waals surface area contributed by atoms with E-state index in [1.54, 1.807) is 30.3 Å². The summed E-state index contributed by atoms with van der Waals surface area (Å²) in [6.07, 6.45) is 1.43. The third-order valence-electron chi connectivity index (χ3n) is 4.35. The number of aryl methyl sites for hydroxylation is 1. The molecule has 0 radical (unpaired) electrons. The Morgan fingerprint density at radius 1 is 1.20 bits per heavy atom. The van der Waals surface area contributed by atoms with Crippen molar-refractivity contribution in [2.45, 2.75) is 13.8 Å². The fourth-order valence-electron chi connectivity index (χ4n) is 2.93. The fourth-order valence-corrected chi connectivity index (χ4v) is 3.96. The first-order chi connectivity index (χ1) is 14.3. The van der Waals surface area contributed by atoms with E-state index in [0.29, 0.717) is 29.4 Å². The third kappa shape index (κ3) is 4.36. The zero-order valence-electron chi connectivity index (χ0n) is 16.4. The van der Waals surface area contributed by atoms with Crippen LogP contribution in [-0.4, -0.2) is 31.6 Å². The smallest absolute Gasteiger partial charge is 0.335 e. The summed E-state index contributed by atoms with van der Waals surface area (Å²) in [6.45, 7) is 4.18. The largest absolute Gasteiger partial charge is 0.493 e. The van der Waals surface area contributed by atoms with Crippen molar-refractivity contribution in [3.05, 3.63) is 55.1 Å². The number of hydrogen-bond acceptors (Lipinski definition) is 5. The Morgan fingerprint density at radius 3 is 2.57 bits per heavy atom. The van der Waals surface area contributed by atoms with Crippen molar-refractivity contribution < 1.29 is 23.9 Å². The molecule has 7 nitrogen and oxygen atoms in total. The van der Waals surface area contributed by atoms with Crippen LogP contribution >= 0.6 is 38.5 Å². The van der Waals surface area contributed by atoms with Gasteiger partial charge in [0, 0.05) is 4.47 Å². The van der Waals surface area contributed by atoms with Gasteiger partial charge in [-0.3, -0.25) is 14.9 Å². The summed E-state index contributed by atoms with van der Waals surface area (Å²) in [7, 11) is 1.51. The van der Waals surface area contributed by atoms with Crippen LogP contribution in [0.25, 0.3) is 6.08 Å². The van der Waals surface area contributed by atoms with E-state index >= 15 is 0 Å². The van der Waals surface area contributed by atoms with Gasteiger partial charge in [0.25, 0.3) is 11.8 Å². The number of rotatable bonds is 5. The van der Waals surface area contributed by atoms with Crippen molar-refractivity contribution in [2.75, 3.05) is 18.6 Å². The SMILES string of the molecule is CCOc1c(I)cc(/C=C2/C(=O)NC(=O)N(c3ccc(Br)c(C)c3)C2=O)cc1OC. The van der Waals surface area contributed by atoms with Crippen LogP contribution in [0.2, 0.25) is 0 Å². The number of imide groups is 2. The van der Waals surface area contributed by atoms with Crippen LogP contribution in [0.3, 0.4) is 0 Å². The number of carbonyl (C=O) groups is 3. The summed E-state index contributed by atoms with van der Waals surface area (Å²) < 4.78 is 12.6. The zero-order valence-corrected chi connectivity index (χ0v) is 20.2. The van der Waals surface area contributed by atoms with Crippen LogP contribution in [0.5, 0.6) is 11.5 Å². The van der Waals surface area contributed by atoms with Gasteiger partial charge in [0.2, 0.25) is 0 Å². The van der Waals surface area contributed by atoms with E-state index in [0.717, 1.165) is 18.5 Å². The van der Waals surface area contributed by atoms with Gasteiger partial charge in [-0.2, -0.15) is 0 Å². The minimum Gasteiger partial charge on any atom is -0.493 e. The molecular formula is C21H18BrIN2O5. The average molecular weight is 585 g/mol. The molecule has 156 valence electrons. The van der Waals surface area contributed by atoms with Gasteiger partial charge < -0.3 is 9.47 Å². The molecule has 0 atom stereocenters. The molecule has 0 unspecified atom stereocenters. The van der Waals surface area contributed by atoms with Gasteiger partial charge in [-0.1, -0.05) is 15.9 Å². The second kappa shape index (κ2) is 9.17. The summed E-state index contributed by atoms with van der Waals surface area (Å²) in [5.41, 5.74) is 1.63. The lowest BCUT2D eigenvalue weighted by molar-refractivity contribution is -0.122. The Hall–Kier alpha value is -2.40. The fraction of sp³-hybridized carbons (Fsp3) is 0.190. The second-order valence-electron chi connectivity index (χ2n) is 6.36. The number of nitrogens with one attached hydrogen (secondary N) is 1. The standard InChI is InChI=1S/C21H18BrIN2O5/c1-4-30-18-16(23)9-12(10-17(18)29-3)8-14-19(26)24-21(28)25(20(14)27)13-5-6-15(22)11(2)7-13/h5-10H,4H2,1-3H3,(H,24,26,28)/b14-8-. The molecule has 3 rings (SSSR count). The van der Waals surface area contributed by atoms with E-state index in [4.69, 9.17) is 9.47 Å². The van der Waals surface area contributed by atoms with Crippen LogP contribution in [0.4, 0.5) is 10.5 Å². The molecule has 1 fully saturated rings. The number of barbiturate groups is 1. The minimum absolute atomic E-state index is 0.155. The monoisotopic (exact) mass is 584 g/mol. The first-order valence-corrected chi connectivity index (χ1v) is 10.8. The number of halogens is 2. The molecule has 9 heteroatoms. The molecule has 0 aromatic heterocycles. The van der Waals surface area contributed by atoms with Crippen molar-refractivity contribution in [1.29, 1.82) is 0 Å². The second-order valence-corrected chi connectivity index (χ2v) is 8.37. The highest BCUT2D eigenvalue weighted by Crippen LogP contribution is 2.35. The van der Waals surface area contributed by atoms with Crippen LogP contribution in [-0.2, 0) is 9.59 Å². The first kappa shape index (κ1) is 22.3. The molecule has 1 N–H and O–H groups in total. The van der Waals surface area contributed by atoms with Crippen molar-refractivity contribution in [2.24, 2.45) is 0 Å². The summed E-state index contributed by atoms with van der Waals surface area (Å²) >= 11 is 5.49. The van der Waals surface area contributed by atoms with Crippen LogP contribution in [0.1, 0.15) is 18.1 Å². The van der Waals surface area contributed by atoms with E-state index in [-0.39, 0.29) is 5.57 Å². The van der Waals surface area contributed by atoms with Crippen LogP contribution < -0.4 is 19.7 Å². The van der Waals surface area contributed by atoms with Gasteiger partial charge in [0.15, 0.2) is 11.5 Å². The normalized spacial score (nSPS) is 15.4. The third-order valence-corrected chi connectivity index (χ3v) is 6.04. The van der Waals surface area contributed by atoms with Gasteiger partial charge in [-0.25, -0.2) is 9.69 Å². The Labute approximate surface area is 195 Å². The van der Waals surface area contributed by atoms with Gasteiger partial charge in [-0.05, 0) is 84.0 Å². The van der Waals surface area contributed by atoms with Crippen LogP contribution in [0, 0.1) is 10.5 Å². The highest BCUT2D eigenvalue weighted by Gasteiger charge is 2.37. The van der Waals surface area contributed by atoms with Gasteiger partial charge >= 0.3 is 6.03 Å². The number of hydrogen-bond donors (Lipinski definition) is 1. The highest BCUT2D eigenvalue weighted by atomic mass is 127. The lowest BCUT2D eigenvalue weighted by Crippen LogP contribution is -2.54. The molecular weight excluding hydrogens is 567 g/mol. The summed E-state index contributed by atoms with van der Waals surface area (Å²) in [5, 5.41) is 2.23. The molecule has 1 heterocycles. The molecule has 0 spiro atoms. The van der Waals surface area contributed by atoms with E-state index in [2.05, 4.69) is 43.8 Å². The van der Waals surface area contributed by atoms with Gasteiger partial charge in [-0.15, -0.1) is 0 Å². The molecule has 2 aromatic carbocycles. The van der Waals surface area contributed by atoms with Crippen molar-refractivity contribution in [3.8, 4) is 11.5 Å². The molecule has 2 aromatic rings. The summed E-state index contributed by atoms with van der Waals surface area (Å²) in [4.78, 5) is 38.8. The quantitative estimate of drug-likeness (QED) is 0.319. The van der Waals surface area contributed by atoms with Crippen LogP contribution in [0.15, 0.2) is 40.4 Å². The Morgan fingerprint density at radius 2 is 1.93 bits per heavy atom. The number of urea groups is 1. The van der Waals surface area contributed by atoms with E-state index < -0.39 is 17.8 Å². The molecule has 1 saturated heterocycles. The number of benzene rings is 2. The van der Waals surface area contributed by atoms with E-state index in [1.165, 1.54) is 13.2 Å². The topological polar surface area (TPSA) is 84.9 Å². The molecule has 0 bridgehead atoms. The number of methoxy groups -OCH3 is 1. The summed E-state index contributed by atoms with van der Waals surface area (Å²) in [5.74, 6) is -0.383. The maximum atomic E-state index is 13.1. The average Bonchev–Trinajstić information content (AvgIpc) is 2.69. The van der Waals surface area contributed by atoms with Crippen molar-refractivity contribution in [3.63, 3.8) is 0 Å². The molecule has 0 saturated carbocycles. The minimum atomic E-state index is -0.789. The first-order valence-electron chi connectivity index (χ1n) is 8.94. The highest BCUT2D eigenvalue weighted by molar-refractivity contribution is 14.1. The number of carbonyl (C=O) groups excluding carboxylic acids is 3. The Kier molecular flexibility index (Phi) is 6.81. The van der Waals surface area contributed by atoms with Crippen molar-refractivity contribution in [1.82, 2.24) is 5.32 Å². The summed E-state index contributed by atoms with van der Waals surface area (Å²) in [6, 6.07) is 7.72. The van der Waals surface area contributed by atoms with E-state index in [9.17, 15) is 14.4 Å². The maximum Gasteiger partial charge on any atom is 0.335 e. The predicted molar refractivity (Wildman–Crippen MR) is 125 cm³/mol. The lowest BCUT2D eigenvalue weighted by Gasteiger charge is -2.26. The number of ether oxygens (including phenoxy) is 2. The Balaban J connectivity index is 2.04. The number of amides is 4. The predicted octanol–water partition coefficient (Wildman–Crippen LogP) is 4.44. The molecule has 1 aliphatic rings.